The summed E-state index contributed by atoms with van der Waals surface area (Å²) < 4.78 is 14.2. The van der Waals surface area contributed by atoms with Gasteiger partial charge < -0.3 is 9.80 Å². The van der Waals surface area contributed by atoms with Gasteiger partial charge in [0.1, 0.15) is 12.4 Å². The number of benzene rings is 2. The Bertz CT molecular complexity index is 1110. The van der Waals surface area contributed by atoms with Crippen LogP contribution in [0.15, 0.2) is 65.1 Å². The second-order valence-electron chi connectivity index (χ2n) is 8.06. The third-order valence-electron chi connectivity index (χ3n) is 5.41. The van der Waals surface area contributed by atoms with Crippen LogP contribution in [-0.2, 0) is 17.9 Å². The van der Waals surface area contributed by atoms with Gasteiger partial charge in [-0.25, -0.2) is 4.39 Å². The normalized spacial score (nSPS) is 13.1. The fourth-order valence-corrected chi connectivity index (χ4v) is 4.89. The zero-order chi connectivity index (χ0) is 22.7. The average Bonchev–Trinajstić information content (AvgIpc) is 3.53. The Labute approximate surface area is 199 Å². The SMILES string of the molecule is Cc1ccc(CN(Cc2ccc(F)cc2)C(=O)CN(C(=O)c2cccc(Br)c2)C2CC2)s1. The van der Waals surface area contributed by atoms with Gasteiger partial charge in [-0.05, 0) is 67.8 Å². The maximum Gasteiger partial charge on any atom is 0.254 e. The highest BCUT2D eigenvalue weighted by molar-refractivity contribution is 9.10. The van der Waals surface area contributed by atoms with Crippen molar-refractivity contribution in [2.24, 2.45) is 0 Å². The highest BCUT2D eigenvalue weighted by Crippen LogP contribution is 2.29. The maximum absolute atomic E-state index is 13.4. The summed E-state index contributed by atoms with van der Waals surface area (Å²) in [6.45, 7) is 2.88. The Morgan fingerprint density at radius 1 is 1.06 bits per heavy atom. The molecule has 2 aromatic carbocycles. The van der Waals surface area contributed by atoms with Crippen molar-refractivity contribution in [3.63, 3.8) is 0 Å². The number of nitrogens with zero attached hydrogens (tertiary/aromatic N) is 2. The zero-order valence-electron chi connectivity index (χ0n) is 17.8. The summed E-state index contributed by atoms with van der Waals surface area (Å²) in [5.41, 5.74) is 1.42. The minimum Gasteiger partial charge on any atom is -0.332 e. The lowest BCUT2D eigenvalue weighted by atomic mass is 10.2. The van der Waals surface area contributed by atoms with Gasteiger partial charge in [-0.15, -0.1) is 11.3 Å². The van der Waals surface area contributed by atoms with Gasteiger partial charge in [-0.3, -0.25) is 9.59 Å². The van der Waals surface area contributed by atoms with Crippen LogP contribution in [0.4, 0.5) is 4.39 Å². The van der Waals surface area contributed by atoms with Gasteiger partial charge in [0.15, 0.2) is 0 Å². The first kappa shape index (κ1) is 22.7. The number of hydrogen-bond acceptors (Lipinski definition) is 3. The molecule has 1 fully saturated rings. The molecule has 1 saturated carbocycles. The van der Waals surface area contributed by atoms with Crippen molar-refractivity contribution in [2.75, 3.05) is 6.54 Å². The molecular formula is C25H24BrFN2O2S. The molecule has 32 heavy (non-hydrogen) atoms. The van der Waals surface area contributed by atoms with E-state index in [1.54, 1.807) is 45.4 Å². The monoisotopic (exact) mass is 514 g/mol. The lowest BCUT2D eigenvalue weighted by Crippen LogP contribution is -2.43. The number of carbonyl (C=O) groups excluding carboxylic acids is 2. The second kappa shape index (κ2) is 9.96. The smallest absolute Gasteiger partial charge is 0.254 e. The van der Waals surface area contributed by atoms with Gasteiger partial charge in [0.2, 0.25) is 5.91 Å². The van der Waals surface area contributed by atoms with Crippen LogP contribution in [0.2, 0.25) is 0 Å². The number of thiophene rings is 1. The van der Waals surface area contributed by atoms with Crippen LogP contribution in [0.25, 0.3) is 0 Å². The van der Waals surface area contributed by atoms with E-state index in [0.717, 1.165) is 27.8 Å². The van der Waals surface area contributed by atoms with Crippen LogP contribution < -0.4 is 0 Å². The molecular weight excluding hydrogens is 491 g/mol. The van der Waals surface area contributed by atoms with Crippen LogP contribution in [-0.4, -0.2) is 34.2 Å². The molecule has 1 aliphatic rings. The number of halogens is 2. The summed E-state index contributed by atoms with van der Waals surface area (Å²) in [4.78, 5) is 32.3. The first-order valence-corrected chi connectivity index (χ1v) is 12.1. The minimum atomic E-state index is -0.306. The molecule has 2 amide bonds. The summed E-state index contributed by atoms with van der Waals surface area (Å²) in [5, 5.41) is 0. The lowest BCUT2D eigenvalue weighted by Gasteiger charge is -2.28. The van der Waals surface area contributed by atoms with Crippen molar-refractivity contribution >= 4 is 39.1 Å². The molecule has 0 bridgehead atoms. The van der Waals surface area contributed by atoms with Gasteiger partial charge in [0, 0.05) is 32.4 Å². The highest BCUT2D eigenvalue weighted by Gasteiger charge is 2.35. The predicted molar refractivity (Wildman–Crippen MR) is 128 cm³/mol. The molecule has 1 aliphatic carbocycles. The molecule has 0 spiro atoms. The van der Waals surface area contributed by atoms with Gasteiger partial charge in [0.05, 0.1) is 6.54 Å². The minimum absolute atomic E-state index is 0.0293. The first-order valence-electron chi connectivity index (χ1n) is 10.5. The topological polar surface area (TPSA) is 40.6 Å². The van der Waals surface area contributed by atoms with Gasteiger partial charge in [0.25, 0.3) is 5.91 Å². The quantitative estimate of drug-likeness (QED) is 0.381. The Hall–Kier alpha value is -2.51. The molecule has 166 valence electrons. The molecule has 0 radical (unpaired) electrons. The van der Waals surface area contributed by atoms with E-state index in [4.69, 9.17) is 0 Å². The molecule has 0 unspecified atom stereocenters. The van der Waals surface area contributed by atoms with Crippen molar-refractivity contribution in [2.45, 2.75) is 38.9 Å². The maximum atomic E-state index is 13.4. The van der Waals surface area contributed by atoms with Crippen molar-refractivity contribution in [1.29, 1.82) is 0 Å². The standard InChI is InChI=1S/C25H24BrFN2O2S/c1-17-5-12-23(32-17)15-28(14-18-6-8-21(27)9-7-18)24(30)16-29(22-10-11-22)25(31)19-3-2-4-20(26)13-19/h2-9,12-13,22H,10-11,14-16H2,1H3. The fourth-order valence-electron chi connectivity index (χ4n) is 3.59. The second-order valence-corrected chi connectivity index (χ2v) is 10.4. The van der Waals surface area contributed by atoms with Crippen molar-refractivity contribution < 1.29 is 14.0 Å². The lowest BCUT2D eigenvalue weighted by molar-refractivity contribution is -0.133. The fraction of sp³-hybridized carbons (Fsp3) is 0.280. The molecule has 1 heterocycles. The molecule has 0 N–H and O–H groups in total. The predicted octanol–water partition coefficient (Wildman–Crippen LogP) is 5.79. The first-order chi connectivity index (χ1) is 15.4. The van der Waals surface area contributed by atoms with E-state index >= 15 is 0 Å². The number of rotatable bonds is 8. The molecule has 7 heteroatoms. The molecule has 0 atom stereocenters. The molecule has 4 nitrogen and oxygen atoms in total. The van der Waals surface area contributed by atoms with E-state index < -0.39 is 0 Å². The summed E-state index contributed by atoms with van der Waals surface area (Å²) in [6.07, 6.45) is 1.82. The summed E-state index contributed by atoms with van der Waals surface area (Å²) in [7, 11) is 0. The number of aryl methyl sites for hydroxylation is 1. The van der Waals surface area contributed by atoms with Crippen molar-refractivity contribution in [3.8, 4) is 0 Å². The van der Waals surface area contributed by atoms with Crippen LogP contribution in [0, 0.1) is 12.7 Å². The van der Waals surface area contributed by atoms with Crippen LogP contribution >= 0.6 is 27.3 Å². The van der Waals surface area contributed by atoms with Crippen LogP contribution in [0.3, 0.4) is 0 Å². The molecule has 0 saturated heterocycles. The van der Waals surface area contributed by atoms with E-state index in [1.807, 2.05) is 31.2 Å². The Morgan fingerprint density at radius 2 is 1.81 bits per heavy atom. The van der Waals surface area contributed by atoms with Gasteiger partial charge in [-0.1, -0.05) is 34.1 Å². The Kier molecular flexibility index (Phi) is 7.06. The summed E-state index contributed by atoms with van der Waals surface area (Å²) >= 11 is 5.07. The van der Waals surface area contributed by atoms with E-state index in [-0.39, 0.29) is 30.2 Å². The van der Waals surface area contributed by atoms with E-state index in [9.17, 15) is 14.0 Å². The summed E-state index contributed by atoms with van der Waals surface area (Å²) in [6, 6.07) is 17.6. The van der Waals surface area contributed by atoms with Gasteiger partial charge >= 0.3 is 0 Å². The van der Waals surface area contributed by atoms with E-state index in [1.165, 1.54) is 17.0 Å². The van der Waals surface area contributed by atoms with Crippen molar-refractivity contribution in [3.05, 3.63) is 91.8 Å². The van der Waals surface area contributed by atoms with Crippen molar-refractivity contribution in [1.82, 2.24) is 9.80 Å². The summed E-state index contributed by atoms with van der Waals surface area (Å²) in [5.74, 6) is -0.550. The molecule has 4 rings (SSSR count). The largest absolute Gasteiger partial charge is 0.332 e. The molecule has 3 aromatic rings. The highest BCUT2D eigenvalue weighted by atomic mass is 79.9. The van der Waals surface area contributed by atoms with Gasteiger partial charge in [-0.2, -0.15) is 0 Å². The van der Waals surface area contributed by atoms with E-state index in [2.05, 4.69) is 15.9 Å². The molecule has 1 aromatic heterocycles. The average molecular weight is 515 g/mol. The van der Waals surface area contributed by atoms with Crippen LogP contribution in [0.5, 0.6) is 0 Å². The third kappa shape index (κ3) is 5.84. The molecule has 0 aliphatic heterocycles. The Morgan fingerprint density at radius 3 is 2.44 bits per heavy atom. The zero-order valence-corrected chi connectivity index (χ0v) is 20.2. The number of amides is 2. The van der Waals surface area contributed by atoms with Crippen LogP contribution in [0.1, 0.15) is 38.5 Å². The third-order valence-corrected chi connectivity index (χ3v) is 6.89. The Balaban J connectivity index is 1.54. The number of hydrogen-bond donors (Lipinski definition) is 0. The number of carbonyl (C=O) groups is 2. The van der Waals surface area contributed by atoms with E-state index in [0.29, 0.717) is 18.7 Å².